The molecule has 1 aliphatic rings. The molecule has 1 aromatic heterocycles. The molecule has 100 valence electrons. The molecule has 0 bridgehead atoms. The van der Waals surface area contributed by atoms with E-state index in [9.17, 15) is 9.59 Å². The molecule has 2 amide bonds. The van der Waals surface area contributed by atoms with Crippen molar-refractivity contribution in [3.8, 4) is 0 Å². The van der Waals surface area contributed by atoms with E-state index < -0.39 is 0 Å². The van der Waals surface area contributed by atoms with E-state index in [0.29, 0.717) is 25.1 Å². The second-order valence-corrected chi connectivity index (χ2v) is 4.52. The second kappa shape index (κ2) is 5.60. The van der Waals surface area contributed by atoms with E-state index in [0.717, 1.165) is 11.4 Å². The molecule has 1 N–H and O–H groups in total. The Morgan fingerprint density at radius 2 is 2.21 bits per heavy atom. The summed E-state index contributed by atoms with van der Waals surface area (Å²) in [6, 6.07) is 5.70. The van der Waals surface area contributed by atoms with Crippen LogP contribution in [0, 0.1) is 6.92 Å². The van der Waals surface area contributed by atoms with Gasteiger partial charge in [0.05, 0.1) is 12.2 Å². The molecule has 0 saturated heterocycles. The summed E-state index contributed by atoms with van der Waals surface area (Å²) >= 11 is 0. The standard InChI is InChI=1S/C13H16N4O2/c1-9-4-3-5-10(14-9)8-17(2)13(19)11-6-7-12(18)16-15-11/h3-5H,6-8H2,1-2H3,(H,16,18). The van der Waals surface area contributed by atoms with Crippen LogP contribution in [0.3, 0.4) is 0 Å². The van der Waals surface area contributed by atoms with Gasteiger partial charge in [-0.2, -0.15) is 5.10 Å². The summed E-state index contributed by atoms with van der Waals surface area (Å²) in [6.45, 7) is 2.33. The number of aromatic nitrogens is 1. The van der Waals surface area contributed by atoms with Crippen LogP contribution in [0.25, 0.3) is 0 Å². The lowest BCUT2D eigenvalue weighted by molar-refractivity contribution is -0.124. The lowest BCUT2D eigenvalue weighted by Crippen LogP contribution is -2.37. The lowest BCUT2D eigenvalue weighted by atomic mass is 10.1. The van der Waals surface area contributed by atoms with Crippen LogP contribution < -0.4 is 5.43 Å². The zero-order chi connectivity index (χ0) is 13.8. The molecule has 6 heteroatoms. The van der Waals surface area contributed by atoms with Gasteiger partial charge in [-0.15, -0.1) is 0 Å². The molecule has 0 fully saturated rings. The van der Waals surface area contributed by atoms with Crippen LogP contribution >= 0.6 is 0 Å². The summed E-state index contributed by atoms with van der Waals surface area (Å²) in [5.41, 5.74) is 4.46. The topological polar surface area (TPSA) is 74.7 Å². The van der Waals surface area contributed by atoms with Crippen molar-refractivity contribution in [1.82, 2.24) is 15.3 Å². The zero-order valence-electron chi connectivity index (χ0n) is 11.0. The van der Waals surface area contributed by atoms with Crippen molar-refractivity contribution < 1.29 is 9.59 Å². The number of pyridine rings is 1. The van der Waals surface area contributed by atoms with E-state index in [1.165, 1.54) is 0 Å². The largest absolute Gasteiger partial charge is 0.335 e. The molecular formula is C13H16N4O2. The molecule has 0 aliphatic carbocycles. The maximum Gasteiger partial charge on any atom is 0.270 e. The number of aryl methyl sites for hydroxylation is 1. The number of rotatable bonds is 3. The molecule has 0 radical (unpaired) electrons. The van der Waals surface area contributed by atoms with Crippen molar-refractivity contribution in [3.63, 3.8) is 0 Å². The van der Waals surface area contributed by atoms with Gasteiger partial charge in [-0.1, -0.05) is 6.07 Å². The Labute approximate surface area is 111 Å². The van der Waals surface area contributed by atoms with Gasteiger partial charge in [-0.3, -0.25) is 14.6 Å². The van der Waals surface area contributed by atoms with Crippen LogP contribution in [0.15, 0.2) is 23.3 Å². The Balaban J connectivity index is 2.02. The minimum absolute atomic E-state index is 0.153. The summed E-state index contributed by atoms with van der Waals surface area (Å²) in [6.07, 6.45) is 0.692. The Morgan fingerprint density at radius 1 is 1.42 bits per heavy atom. The Bertz CT molecular complexity index is 539. The number of hydrogen-bond acceptors (Lipinski definition) is 4. The fourth-order valence-corrected chi connectivity index (χ4v) is 1.85. The molecule has 1 aromatic rings. The highest BCUT2D eigenvalue weighted by atomic mass is 16.2. The molecule has 0 unspecified atom stereocenters. The van der Waals surface area contributed by atoms with Crippen LogP contribution in [0.4, 0.5) is 0 Å². The maximum absolute atomic E-state index is 12.1. The fourth-order valence-electron chi connectivity index (χ4n) is 1.85. The Hall–Kier alpha value is -2.24. The van der Waals surface area contributed by atoms with Crippen molar-refractivity contribution in [2.75, 3.05) is 7.05 Å². The minimum atomic E-state index is -0.177. The Kier molecular flexibility index (Phi) is 3.89. The predicted octanol–water partition coefficient (Wildman–Crippen LogP) is 0.614. The molecule has 0 spiro atoms. The van der Waals surface area contributed by atoms with Gasteiger partial charge in [-0.05, 0) is 19.1 Å². The van der Waals surface area contributed by atoms with Gasteiger partial charge in [0, 0.05) is 25.6 Å². The quantitative estimate of drug-likeness (QED) is 0.865. The number of amides is 2. The number of hydrazone groups is 1. The van der Waals surface area contributed by atoms with Gasteiger partial charge in [0.15, 0.2) is 0 Å². The summed E-state index contributed by atoms with van der Waals surface area (Å²) < 4.78 is 0. The van der Waals surface area contributed by atoms with Crippen molar-refractivity contribution in [2.45, 2.75) is 26.3 Å². The molecule has 6 nitrogen and oxygen atoms in total. The van der Waals surface area contributed by atoms with Gasteiger partial charge in [0.25, 0.3) is 5.91 Å². The van der Waals surface area contributed by atoms with Crippen LogP contribution in [0.2, 0.25) is 0 Å². The molecular weight excluding hydrogens is 244 g/mol. The number of carbonyl (C=O) groups excluding carboxylic acids is 2. The summed E-state index contributed by atoms with van der Waals surface area (Å²) in [4.78, 5) is 29.0. The van der Waals surface area contributed by atoms with Crippen molar-refractivity contribution in [1.29, 1.82) is 0 Å². The average molecular weight is 260 g/mol. The molecule has 0 saturated carbocycles. The van der Waals surface area contributed by atoms with E-state index in [1.54, 1.807) is 11.9 Å². The highest BCUT2D eigenvalue weighted by Crippen LogP contribution is 2.06. The third-order valence-electron chi connectivity index (χ3n) is 2.84. The van der Waals surface area contributed by atoms with E-state index in [4.69, 9.17) is 0 Å². The van der Waals surface area contributed by atoms with Gasteiger partial charge >= 0.3 is 0 Å². The lowest BCUT2D eigenvalue weighted by Gasteiger charge is -2.19. The number of nitrogens with one attached hydrogen (secondary N) is 1. The first-order valence-corrected chi connectivity index (χ1v) is 6.09. The summed E-state index contributed by atoms with van der Waals surface area (Å²) in [5, 5.41) is 3.80. The monoisotopic (exact) mass is 260 g/mol. The summed E-state index contributed by atoms with van der Waals surface area (Å²) in [5.74, 6) is -0.331. The minimum Gasteiger partial charge on any atom is -0.335 e. The van der Waals surface area contributed by atoms with Crippen molar-refractivity contribution >= 4 is 17.5 Å². The number of carbonyl (C=O) groups is 2. The third kappa shape index (κ3) is 3.37. The van der Waals surface area contributed by atoms with Crippen LogP contribution in [0.5, 0.6) is 0 Å². The maximum atomic E-state index is 12.1. The van der Waals surface area contributed by atoms with Gasteiger partial charge < -0.3 is 4.90 Å². The van der Waals surface area contributed by atoms with Crippen LogP contribution in [-0.2, 0) is 16.1 Å². The SMILES string of the molecule is Cc1cccc(CN(C)C(=O)C2=NNC(=O)CC2)n1. The van der Waals surface area contributed by atoms with Gasteiger partial charge in [0.1, 0.15) is 5.71 Å². The number of nitrogens with zero attached hydrogens (tertiary/aromatic N) is 3. The molecule has 2 heterocycles. The van der Waals surface area contributed by atoms with E-state index in [1.807, 2.05) is 25.1 Å². The van der Waals surface area contributed by atoms with E-state index in [2.05, 4.69) is 15.5 Å². The van der Waals surface area contributed by atoms with Crippen molar-refractivity contribution in [2.24, 2.45) is 5.10 Å². The Morgan fingerprint density at radius 3 is 2.84 bits per heavy atom. The van der Waals surface area contributed by atoms with Gasteiger partial charge in [0.2, 0.25) is 5.91 Å². The van der Waals surface area contributed by atoms with Crippen LogP contribution in [0.1, 0.15) is 24.2 Å². The van der Waals surface area contributed by atoms with E-state index >= 15 is 0 Å². The second-order valence-electron chi connectivity index (χ2n) is 4.52. The highest BCUT2D eigenvalue weighted by Gasteiger charge is 2.21. The van der Waals surface area contributed by atoms with E-state index in [-0.39, 0.29) is 11.8 Å². The number of hydrogen-bond donors (Lipinski definition) is 1. The molecule has 0 atom stereocenters. The highest BCUT2D eigenvalue weighted by molar-refractivity contribution is 6.39. The third-order valence-corrected chi connectivity index (χ3v) is 2.84. The van der Waals surface area contributed by atoms with Crippen molar-refractivity contribution in [3.05, 3.63) is 29.6 Å². The van der Waals surface area contributed by atoms with Gasteiger partial charge in [-0.25, -0.2) is 5.43 Å². The molecule has 0 aromatic carbocycles. The average Bonchev–Trinajstić information content (AvgIpc) is 2.39. The molecule has 1 aliphatic heterocycles. The fraction of sp³-hybridized carbons (Fsp3) is 0.385. The normalized spacial score (nSPS) is 14.6. The first kappa shape index (κ1) is 13.2. The van der Waals surface area contributed by atoms with Crippen LogP contribution in [-0.4, -0.2) is 34.5 Å². The molecule has 2 rings (SSSR count). The first-order valence-electron chi connectivity index (χ1n) is 6.09. The molecule has 19 heavy (non-hydrogen) atoms. The zero-order valence-corrected chi connectivity index (χ0v) is 11.0. The smallest absolute Gasteiger partial charge is 0.270 e. The summed E-state index contributed by atoms with van der Waals surface area (Å²) in [7, 11) is 1.70. The predicted molar refractivity (Wildman–Crippen MR) is 70.3 cm³/mol. The first-order chi connectivity index (χ1) is 9.06.